The van der Waals surface area contributed by atoms with Crippen molar-refractivity contribution in [3.05, 3.63) is 53.6 Å². The maximum absolute atomic E-state index is 12.8. The summed E-state index contributed by atoms with van der Waals surface area (Å²) in [4.78, 5) is 27.1. The average Bonchev–Trinajstić information content (AvgIpc) is 3.15. The van der Waals surface area contributed by atoms with E-state index in [1.54, 1.807) is 17.0 Å². The molecule has 0 aromatic heterocycles. The second kappa shape index (κ2) is 10.9. The van der Waals surface area contributed by atoms with Crippen LogP contribution in [0.4, 0.5) is 11.4 Å². The number of anilines is 2. The average molecular weight is 474 g/mol. The minimum Gasteiger partial charge on any atom is -0.382 e. The highest BCUT2D eigenvalue weighted by molar-refractivity contribution is 7.89. The molecule has 178 valence electrons. The number of nitrogens with one attached hydrogen (secondary N) is 2. The van der Waals surface area contributed by atoms with Gasteiger partial charge in [0, 0.05) is 44.1 Å². The fourth-order valence-electron chi connectivity index (χ4n) is 3.79. The number of hydrogen-bond donors (Lipinski definition) is 2. The molecule has 0 bridgehead atoms. The number of ether oxygens (including phenoxy) is 1. The second-order valence-electron chi connectivity index (χ2n) is 8.16. The van der Waals surface area contributed by atoms with Crippen molar-refractivity contribution >= 4 is 33.2 Å². The van der Waals surface area contributed by atoms with E-state index in [1.165, 1.54) is 12.1 Å². The highest BCUT2D eigenvalue weighted by Crippen LogP contribution is 2.29. The van der Waals surface area contributed by atoms with Crippen molar-refractivity contribution in [2.24, 2.45) is 5.92 Å². The van der Waals surface area contributed by atoms with E-state index in [-0.39, 0.29) is 29.7 Å². The quantitative estimate of drug-likeness (QED) is 0.516. The number of aryl methyl sites for hydroxylation is 2. The van der Waals surface area contributed by atoms with Crippen LogP contribution in [0.5, 0.6) is 0 Å². The Hall–Kier alpha value is -2.75. The van der Waals surface area contributed by atoms with E-state index in [0.717, 1.165) is 16.8 Å². The number of benzene rings is 2. The van der Waals surface area contributed by atoms with E-state index in [2.05, 4.69) is 10.0 Å². The Kier molecular flexibility index (Phi) is 8.23. The summed E-state index contributed by atoms with van der Waals surface area (Å²) in [6, 6.07) is 11.9. The van der Waals surface area contributed by atoms with Gasteiger partial charge in [-0.2, -0.15) is 0 Å². The minimum absolute atomic E-state index is 0.0843. The first-order valence-corrected chi connectivity index (χ1v) is 12.6. The summed E-state index contributed by atoms with van der Waals surface area (Å²) < 4.78 is 32.5. The molecule has 0 spiro atoms. The van der Waals surface area contributed by atoms with E-state index in [9.17, 15) is 18.0 Å². The molecule has 8 nitrogen and oxygen atoms in total. The molecule has 0 aliphatic carbocycles. The largest absolute Gasteiger partial charge is 0.382 e. The van der Waals surface area contributed by atoms with E-state index in [1.807, 2.05) is 39.0 Å². The summed E-state index contributed by atoms with van der Waals surface area (Å²) in [7, 11) is -3.63. The molecule has 9 heteroatoms. The van der Waals surface area contributed by atoms with Crippen LogP contribution in [0.25, 0.3) is 0 Å². The first-order valence-electron chi connectivity index (χ1n) is 11.1. The molecule has 2 amide bonds. The van der Waals surface area contributed by atoms with Crippen LogP contribution in [-0.4, -0.2) is 46.5 Å². The van der Waals surface area contributed by atoms with Gasteiger partial charge in [0.2, 0.25) is 21.8 Å². The Balaban J connectivity index is 1.58. The summed E-state index contributed by atoms with van der Waals surface area (Å²) in [5.41, 5.74) is 3.41. The number of carbonyl (C=O) groups is 2. The highest BCUT2D eigenvalue weighted by Gasteiger charge is 2.35. The van der Waals surface area contributed by atoms with Gasteiger partial charge in [0.05, 0.1) is 10.8 Å². The monoisotopic (exact) mass is 473 g/mol. The lowest BCUT2D eigenvalue weighted by Gasteiger charge is -2.19. The number of hydrogen-bond acceptors (Lipinski definition) is 5. The molecule has 0 saturated carbocycles. The van der Waals surface area contributed by atoms with Gasteiger partial charge in [-0.1, -0.05) is 17.7 Å². The lowest BCUT2D eigenvalue weighted by Crippen LogP contribution is -2.28. The summed E-state index contributed by atoms with van der Waals surface area (Å²) in [6.07, 6.45) is 0.720. The zero-order valence-electron chi connectivity index (χ0n) is 19.3. The van der Waals surface area contributed by atoms with Crippen LogP contribution in [0.15, 0.2) is 47.4 Å². The number of rotatable bonds is 10. The van der Waals surface area contributed by atoms with Crippen molar-refractivity contribution in [3.63, 3.8) is 0 Å². The topological polar surface area (TPSA) is 105 Å². The van der Waals surface area contributed by atoms with Gasteiger partial charge in [-0.05, 0) is 63.1 Å². The van der Waals surface area contributed by atoms with Gasteiger partial charge >= 0.3 is 0 Å². The van der Waals surface area contributed by atoms with Crippen LogP contribution in [0.3, 0.4) is 0 Å². The molecular weight excluding hydrogens is 442 g/mol. The Labute approximate surface area is 195 Å². The fourth-order valence-corrected chi connectivity index (χ4v) is 4.87. The number of sulfonamides is 1. The van der Waals surface area contributed by atoms with Gasteiger partial charge in [-0.3, -0.25) is 9.59 Å². The molecule has 2 N–H and O–H groups in total. The molecule has 1 aliphatic rings. The SMILES string of the molecule is CCOCCCNS(=O)(=O)c1ccc(NC(=O)C2CC(=O)N(c3ccc(C)cc3C)C2)cc1. The first-order chi connectivity index (χ1) is 15.7. The maximum atomic E-state index is 12.8. The predicted octanol–water partition coefficient (Wildman–Crippen LogP) is 3.00. The zero-order valence-corrected chi connectivity index (χ0v) is 20.1. The van der Waals surface area contributed by atoms with Gasteiger partial charge in [-0.25, -0.2) is 13.1 Å². The predicted molar refractivity (Wildman–Crippen MR) is 128 cm³/mol. The van der Waals surface area contributed by atoms with Crippen LogP contribution in [-0.2, 0) is 24.3 Å². The Morgan fingerprint density at radius 3 is 2.55 bits per heavy atom. The smallest absolute Gasteiger partial charge is 0.240 e. The van der Waals surface area contributed by atoms with Crippen LogP contribution in [0.2, 0.25) is 0 Å². The Bertz CT molecular complexity index is 1100. The van der Waals surface area contributed by atoms with E-state index >= 15 is 0 Å². The standard InChI is InChI=1S/C24H31N3O5S/c1-4-32-13-5-12-25-33(30,31)21-9-7-20(8-10-21)26-24(29)19-15-23(28)27(16-19)22-11-6-17(2)14-18(22)3/h6-11,14,19,25H,4-5,12-13,15-16H2,1-3H3,(H,26,29). The van der Waals surface area contributed by atoms with Crippen molar-refractivity contribution in [1.82, 2.24) is 4.72 Å². The molecule has 1 saturated heterocycles. The summed E-state index contributed by atoms with van der Waals surface area (Å²) in [5, 5.41) is 2.80. The van der Waals surface area contributed by atoms with Crippen LogP contribution in [0, 0.1) is 19.8 Å². The Morgan fingerprint density at radius 1 is 1.15 bits per heavy atom. The van der Waals surface area contributed by atoms with Gasteiger partial charge in [-0.15, -0.1) is 0 Å². The number of amides is 2. The van der Waals surface area contributed by atoms with Gasteiger partial charge < -0.3 is 15.0 Å². The highest BCUT2D eigenvalue weighted by atomic mass is 32.2. The van der Waals surface area contributed by atoms with Crippen molar-refractivity contribution in [3.8, 4) is 0 Å². The lowest BCUT2D eigenvalue weighted by atomic mass is 10.1. The molecule has 3 rings (SSSR count). The summed E-state index contributed by atoms with van der Waals surface area (Å²) >= 11 is 0. The minimum atomic E-state index is -3.63. The molecular formula is C24H31N3O5S. The normalized spacial score (nSPS) is 16.3. The first kappa shape index (κ1) is 24.9. The van der Waals surface area contributed by atoms with Crippen LogP contribution in [0.1, 0.15) is 30.9 Å². The molecule has 1 aliphatic heterocycles. The van der Waals surface area contributed by atoms with Crippen LogP contribution >= 0.6 is 0 Å². The van der Waals surface area contributed by atoms with Crippen LogP contribution < -0.4 is 14.9 Å². The molecule has 0 radical (unpaired) electrons. The van der Waals surface area contributed by atoms with Crippen molar-refractivity contribution in [2.75, 3.05) is 36.5 Å². The third kappa shape index (κ3) is 6.40. The Morgan fingerprint density at radius 2 is 1.88 bits per heavy atom. The third-order valence-corrected chi connectivity index (χ3v) is 7.01. The zero-order chi connectivity index (χ0) is 24.0. The van der Waals surface area contributed by atoms with Crippen molar-refractivity contribution < 1.29 is 22.7 Å². The van der Waals surface area contributed by atoms with E-state index in [0.29, 0.717) is 31.9 Å². The van der Waals surface area contributed by atoms with Gasteiger partial charge in [0.1, 0.15) is 0 Å². The summed E-state index contributed by atoms with van der Waals surface area (Å²) in [5.74, 6) is -0.826. The van der Waals surface area contributed by atoms with Crippen molar-refractivity contribution in [2.45, 2.75) is 38.5 Å². The van der Waals surface area contributed by atoms with Gasteiger partial charge in [0.15, 0.2) is 0 Å². The van der Waals surface area contributed by atoms with E-state index < -0.39 is 15.9 Å². The summed E-state index contributed by atoms with van der Waals surface area (Å²) in [6.45, 7) is 7.52. The molecule has 1 heterocycles. The van der Waals surface area contributed by atoms with Crippen molar-refractivity contribution in [1.29, 1.82) is 0 Å². The molecule has 2 aromatic rings. The lowest BCUT2D eigenvalue weighted by molar-refractivity contribution is -0.122. The molecule has 1 atom stereocenters. The maximum Gasteiger partial charge on any atom is 0.240 e. The second-order valence-corrected chi connectivity index (χ2v) is 9.92. The molecule has 33 heavy (non-hydrogen) atoms. The number of carbonyl (C=O) groups excluding carboxylic acids is 2. The van der Waals surface area contributed by atoms with Gasteiger partial charge in [0.25, 0.3) is 0 Å². The molecule has 1 unspecified atom stereocenters. The van der Waals surface area contributed by atoms with E-state index in [4.69, 9.17) is 4.74 Å². The third-order valence-electron chi connectivity index (χ3n) is 5.53. The fraction of sp³-hybridized carbons (Fsp3) is 0.417. The molecule has 1 fully saturated rings. The molecule has 2 aromatic carbocycles. The number of nitrogens with zero attached hydrogens (tertiary/aromatic N) is 1.